The summed E-state index contributed by atoms with van der Waals surface area (Å²) in [6.45, 7) is 2.98. The van der Waals surface area contributed by atoms with E-state index in [2.05, 4.69) is 17.2 Å². The molecule has 1 N–H and O–H groups in total. The molecule has 3 unspecified atom stereocenters. The normalized spacial score (nSPS) is 26.2. The summed E-state index contributed by atoms with van der Waals surface area (Å²) in [6.07, 6.45) is 6.97. The van der Waals surface area contributed by atoms with E-state index in [1.807, 2.05) is 11.7 Å². The van der Waals surface area contributed by atoms with Crippen molar-refractivity contribution in [1.29, 1.82) is 0 Å². The molecular formula is C13H22N2O2S2. The zero-order valence-corrected chi connectivity index (χ0v) is 13.1. The molecule has 1 fully saturated rings. The molecule has 6 heteroatoms. The molecule has 1 saturated carbocycles. The van der Waals surface area contributed by atoms with Gasteiger partial charge >= 0.3 is 0 Å². The van der Waals surface area contributed by atoms with E-state index in [0.29, 0.717) is 5.92 Å². The Bertz CT molecular complexity index is 485. The van der Waals surface area contributed by atoms with Gasteiger partial charge in [0.15, 0.2) is 0 Å². The fourth-order valence-electron chi connectivity index (χ4n) is 2.97. The predicted molar refractivity (Wildman–Crippen MR) is 79.1 cm³/mol. The van der Waals surface area contributed by atoms with Crippen molar-refractivity contribution in [3.05, 3.63) is 16.6 Å². The third-order valence-electron chi connectivity index (χ3n) is 3.93. The monoisotopic (exact) mass is 302 g/mol. The van der Waals surface area contributed by atoms with Crippen LogP contribution >= 0.6 is 11.3 Å². The van der Waals surface area contributed by atoms with Gasteiger partial charge in [0.2, 0.25) is 0 Å². The number of thiazole rings is 1. The van der Waals surface area contributed by atoms with Gasteiger partial charge in [-0.1, -0.05) is 13.3 Å². The maximum Gasteiger partial charge on any atom is 0.150 e. The van der Waals surface area contributed by atoms with Gasteiger partial charge in [-0.05, 0) is 31.7 Å². The smallest absolute Gasteiger partial charge is 0.150 e. The van der Waals surface area contributed by atoms with Crippen LogP contribution in [0.15, 0.2) is 11.7 Å². The summed E-state index contributed by atoms with van der Waals surface area (Å²) in [5, 5.41) is 3.34. The highest BCUT2D eigenvalue weighted by atomic mass is 32.2. The Balaban J connectivity index is 2.13. The maximum atomic E-state index is 11.8. The van der Waals surface area contributed by atoms with E-state index in [1.54, 1.807) is 11.3 Å². The Morgan fingerprint density at radius 3 is 2.89 bits per heavy atom. The SMILES string of the molecule is CCNC(c1cncs1)C1CCCC(S(C)(=O)=O)C1. The van der Waals surface area contributed by atoms with Gasteiger partial charge in [0.25, 0.3) is 0 Å². The molecule has 1 aliphatic carbocycles. The van der Waals surface area contributed by atoms with Crippen LogP contribution in [0.5, 0.6) is 0 Å². The molecule has 1 aromatic rings. The van der Waals surface area contributed by atoms with E-state index in [9.17, 15) is 8.42 Å². The number of nitrogens with one attached hydrogen (secondary N) is 1. The van der Waals surface area contributed by atoms with Crippen LogP contribution in [0.25, 0.3) is 0 Å². The predicted octanol–water partition coefficient (Wildman–Crippen LogP) is 2.40. The van der Waals surface area contributed by atoms with Crippen molar-refractivity contribution in [2.75, 3.05) is 12.8 Å². The first kappa shape index (κ1) is 14.9. The van der Waals surface area contributed by atoms with E-state index >= 15 is 0 Å². The second-order valence-corrected chi connectivity index (χ2v) is 8.56. The molecule has 1 heterocycles. The van der Waals surface area contributed by atoms with Crippen LogP contribution in [0.3, 0.4) is 0 Å². The number of nitrogens with zero attached hydrogens (tertiary/aromatic N) is 1. The summed E-state index contributed by atoms with van der Waals surface area (Å²) < 4.78 is 23.5. The molecule has 0 spiro atoms. The lowest BCUT2D eigenvalue weighted by Crippen LogP contribution is -2.35. The van der Waals surface area contributed by atoms with Gasteiger partial charge in [-0.25, -0.2) is 8.42 Å². The van der Waals surface area contributed by atoms with Crippen LogP contribution < -0.4 is 5.32 Å². The summed E-state index contributed by atoms with van der Waals surface area (Å²) in [4.78, 5) is 5.37. The standard InChI is InChI=1S/C13H22N2O2S2/c1-3-15-13(12-8-14-9-18-12)10-5-4-6-11(7-10)19(2,16)17/h8-11,13,15H,3-7H2,1-2H3. The van der Waals surface area contributed by atoms with Crippen LogP contribution in [-0.4, -0.2) is 31.5 Å². The first-order valence-electron chi connectivity index (χ1n) is 6.83. The molecule has 0 aromatic carbocycles. The lowest BCUT2D eigenvalue weighted by atomic mass is 9.83. The Labute approximate surface area is 119 Å². The molecule has 2 rings (SSSR count). The Hall–Kier alpha value is -0.460. The molecule has 0 aliphatic heterocycles. The van der Waals surface area contributed by atoms with Gasteiger partial charge in [0.05, 0.1) is 10.8 Å². The van der Waals surface area contributed by atoms with Crippen molar-refractivity contribution in [3.63, 3.8) is 0 Å². The minimum Gasteiger partial charge on any atom is -0.309 e. The molecule has 19 heavy (non-hydrogen) atoms. The Morgan fingerprint density at radius 2 is 2.32 bits per heavy atom. The molecule has 4 nitrogen and oxygen atoms in total. The Kier molecular flexibility index (Phi) is 4.97. The summed E-state index contributed by atoms with van der Waals surface area (Å²) >= 11 is 1.65. The lowest BCUT2D eigenvalue weighted by molar-refractivity contribution is 0.278. The van der Waals surface area contributed by atoms with Gasteiger partial charge in [0.1, 0.15) is 9.84 Å². The molecule has 0 radical (unpaired) electrons. The van der Waals surface area contributed by atoms with Gasteiger partial charge in [-0.15, -0.1) is 11.3 Å². The largest absolute Gasteiger partial charge is 0.309 e. The van der Waals surface area contributed by atoms with E-state index < -0.39 is 9.84 Å². The van der Waals surface area contributed by atoms with E-state index in [4.69, 9.17) is 0 Å². The molecule has 0 amide bonds. The molecule has 0 saturated heterocycles. The van der Waals surface area contributed by atoms with Crippen LogP contribution in [0.1, 0.15) is 43.5 Å². The molecule has 0 bridgehead atoms. The Morgan fingerprint density at radius 1 is 1.53 bits per heavy atom. The zero-order valence-electron chi connectivity index (χ0n) is 11.5. The van der Waals surface area contributed by atoms with Crippen molar-refractivity contribution >= 4 is 21.2 Å². The van der Waals surface area contributed by atoms with Crippen molar-refractivity contribution in [2.45, 2.75) is 43.9 Å². The first-order valence-corrected chi connectivity index (χ1v) is 9.66. The summed E-state index contributed by atoms with van der Waals surface area (Å²) in [7, 11) is -2.92. The fraction of sp³-hybridized carbons (Fsp3) is 0.769. The average molecular weight is 302 g/mol. The van der Waals surface area contributed by atoms with Gasteiger partial charge in [0, 0.05) is 23.4 Å². The number of rotatable bonds is 5. The third kappa shape index (κ3) is 3.77. The van der Waals surface area contributed by atoms with Crippen molar-refractivity contribution in [2.24, 2.45) is 5.92 Å². The van der Waals surface area contributed by atoms with Gasteiger partial charge in [-0.2, -0.15) is 0 Å². The van der Waals surface area contributed by atoms with E-state index in [0.717, 1.165) is 32.2 Å². The molecule has 1 aliphatic rings. The lowest BCUT2D eigenvalue weighted by Gasteiger charge is -2.33. The van der Waals surface area contributed by atoms with Crippen molar-refractivity contribution in [1.82, 2.24) is 10.3 Å². The first-order chi connectivity index (χ1) is 9.02. The van der Waals surface area contributed by atoms with Crippen LogP contribution in [0.2, 0.25) is 0 Å². The highest BCUT2D eigenvalue weighted by molar-refractivity contribution is 7.91. The summed E-state index contributed by atoms with van der Waals surface area (Å²) in [6, 6.07) is 0.252. The minimum atomic E-state index is -2.92. The second-order valence-electron chi connectivity index (χ2n) is 5.32. The van der Waals surface area contributed by atoms with Crippen molar-refractivity contribution in [3.8, 4) is 0 Å². The van der Waals surface area contributed by atoms with Crippen LogP contribution in [0.4, 0.5) is 0 Å². The zero-order chi connectivity index (χ0) is 13.9. The highest BCUT2D eigenvalue weighted by Gasteiger charge is 2.33. The number of sulfone groups is 1. The maximum absolute atomic E-state index is 11.8. The quantitative estimate of drug-likeness (QED) is 0.907. The average Bonchev–Trinajstić information content (AvgIpc) is 2.88. The number of aromatic nitrogens is 1. The third-order valence-corrected chi connectivity index (χ3v) is 6.42. The molecular weight excluding hydrogens is 280 g/mol. The molecule has 1 aromatic heterocycles. The van der Waals surface area contributed by atoms with Crippen molar-refractivity contribution < 1.29 is 8.42 Å². The number of hydrogen-bond donors (Lipinski definition) is 1. The van der Waals surface area contributed by atoms with E-state index in [-0.39, 0.29) is 11.3 Å². The topological polar surface area (TPSA) is 59.1 Å². The highest BCUT2D eigenvalue weighted by Crippen LogP contribution is 2.37. The van der Waals surface area contributed by atoms with Gasteiger partial charge in [-0.3, -0.25) is 4.98 Å². The van der Waals surface area contributed by atoms with E-state index in [1.165, 1.54) is 11.1 Å². The summed E-state index contributed by atoms with van der Waals surface area (Å²) in [5.41, 5.74) is 1.84. The van der Waals surface area contributed by atoms with Crippen LogP contribution in [-0.2, 0) is 9.84 Å². The molecule has 3 atom stereocenters. The minimum absolute atomic E-state index is 0.166. The second kappa shape index (κ2) is 6.33. The summed E-state index contributed by atoms with van der Waals surface area (Å²) in [5.74, 6) is 0.397. The molecule has 108 valence electrons. The van der Waals surface area contributed by atoms with Crippen LogP contribution in [0, 0.1) is 5.92 Å². The fourth-order valence-corrected chi connectivity index (χ4v) is 4.95. The number of hydrogen-bond acceptors (Lipinski definition) is 5. The van der Waals surface area contributed by atoms with Gasteiger partial charge < -0.3 is 5.32 Å².